The second-order valence-electron chi connectivity index (χ2n) is 5.69. The molecule has 5 heteroatoms. The molecule has 1 aromatic carbocycles. The smallest absolute Gasteiger partial charge is 0.223 e. The Kier molecular flexibility index (Phi) is 6.06. The van der Waals surface area contributed by atoms with E-state index in [2.05, 4.69) is 21.2 Å². The van der Waals surface area contributed by atoms with E-state index < -0.39 is 0 Å². The second kappa shape index (κ2) is 7.80. The SMILES string of the molecule is O=C(CCOc1ccc(Br)cc1)NCC1(CO)CCCC1. The summed E-state index contributed by atoms with van der Waals surface area (Å²) in [6, 6.07) is 7.53. The number of nitrogens with one attached hydrogen (secondary N) is 1. The first-order valence-electron chi connectivity index (χ1n) is 7.39. The molecule has 116 valence electrons. The lowest BCUT2D eigenvalue weighted by molar-refractivity contribution is -0.122. The highest BCUT2D eigenvalue weighted by molar-refractivity contribution is 9.10. The van der Waals surface area contributed by atoms with E-state index in [-0.39, 0.29) is 17.9 Å². The fourth-order valence-corrected chi connectivity index (χ4v) is 2.95. The molecular weight excluding hydrogens is 334 g/mol. The van der Waals surface area contributed by atoms with Crippen molar-refractivity contribution in [3.63, 3.8) is 0 Å². The van der Waals surface area contributed by atoms with Crippen molar-refractivity contribution < 1.29 is 14.6 Å². The summed E-state index contributed by atoms with van der Waals surface area (Å²) in [4.78, 5) is 11.8. The number of halogens is 1. The normalized spacial score (nSPS) is 16.7. The van der Waals surface area contributed by atoms with E-state index in [9.17, 15) is 9.90 Å². The van der Waals surface area contributed by atoms with Crippen LogP contribution in [0.4, 0.5) is 0 Å². The zero-order valence-electron chi connectivity index (χ0n) is 12.1. The standard InChI is InChI=1S/C16H22BrNO3/c17-13-3-5-14(6-4-13)21-10-7-15(20)18-11-16(12-19)8-1-2-9-16/h3-6,19H,1-2,7-12H2,(H,18,20). The van der Waals surface area contributed by atoms with Crippen molar-refractivity contribution in [2.75, 3.05) is 19.8 Å². The highest BCUT2D eigenvalue weighted by Crippen LogP contribution is 2.36. The van der Waals surface area contributed by atoms with Gasteiger partial charge in [0.1, 0.15) is 5.75 Å². The summed E-state index contributed by atoms with van der Waals surface area (Å²) in [6.07, 6.45) is 4.61. The van der Waals surface area contributed by atoms with Gasteiger partial charge in [-0.15, -0.1) is 0 Å². The molecule has 0 aromatic heterocycles. The molecule has 0 atom stereocenters. The van der Waals surface area contributed by atoms with Crippen LogP contribution in [0, 0.1) is 5.41 Å². The van der Waals surface area contributed by atoms with E-state index in [0.29, 0.717) is 19.6 Å². The molecule has 4 nitrogen and oxygen atoms in total. The summed E-state index contributed by atoms with van der Waals surface area (Å²) >= 11 is 3.36. The van der Waals surface area contributed by atoms with Crippen LogP contribution in [0.1, 0.15) is 32.1 Å². The van der Waals surface area contributed by atoms with Crippen molar-refractivity contribution >= 4 is 21.8 Å². The molecule has 0 radical (unpaired) electrons. The maximum Gasteiger partial charge on any atom is 0.223 e. The molecule has 1 aliphatic rings. The molecule has 2 rings (SSSR count). The number of aliphatic hydroxyl groups is 1. The van der Waals surface area contributed by atoms with Gasteiger partial charge in [-0.25, -0.2) is 0 Å². The Bertz CT molecular complexity index is 455. The topological polar surface area (TPSA) is 58.6 Å². The minimum atomic E-state index is -0.0950. The van der Waals surface area contributed by atoms with E-state index in [1.54, 1.807) is 0 Å². The molecular formula is C16H22BrNO3. The lowest BCUT2D eigenvalue weighted by atomic mass is 9.87. The summed E-state index contributed by atoms with van der Waals surface area (Å²) in [5.41, 5.74) is -0.0950. The molecule has 0 saturated heterocycles. The predicted molar refractivity (Wildman–Crippen MR) is 85.3 cm³/mol. The third-order valence-electron chi connectivity index (χ3n) is 4.07. The Morgan fingerprint density at radius 3 is 2.57 bits per heavy atom. The van der Waals surface area contributed by atoms with E-state index in [0.717, 1.165) is 35.9 Å². The maximum absolute atomic E-state index is 11.8. The van der Waals surface area contributed by atoms with Gasteiger partial charge in [-0.2, -0.15) is 0 Å². The number of hydrogen-bond donors (Lipinski definition) is 2. The van der Waals surface area contributed by atoms with Crippen LogP contribution in [0.2, 0.25) is 0 Å². The van der Waals surface area contributed by atoms with Crippen LogP contribution < -0.4 is 10.1 Å². The number of aliphatic hydroxyl groups excluding tert-OH is 1. The number of rotatable bonds is 7. The predicted octanol–water partition coefficient (Wildman–Crippen LogP) is 2.89. The van der Waals surface area contributed by atoms with E-state index in [4.69, 9.17) is 4.74 Å². The molecule has 21 heavy (non-hydrogen) atoms. The summed E-state index contributed by atoms with van der Waals surface area (Å²) in [6.45, 7) is 1.09. The molecule has 1 saturated carbocycles. The zero-order chi connectivity index (χ0) is 15.1. The van der Waals surface area contributed by atoms with Gasteiger partial charge < -0.3 is 15.2 Å². The second-order valence-corrected chi connectivity index (χ2v) is 6.61. The summed E-state index contributed by atoms with van der Waals surface area (Å²) < 4.78 is 6.52. The van der Waals surface area contributed by atoms with Gasteiger partial charge in [0.15, 0.2) is 0 Å². The first-order valence-corrected chi connectivity index (χ1v) is 8.19. The van der Waals surface area contributed by atoms with E-state index in [1.807, 2.05) is 24.3 Å². The fraction of sp³-hybridized carbons (Fsp3) is 0.562. The number of carbonyl (C=O) groups is 1. The number of carbonyl (C=O) groups excluding carboxylic acids is 1. The average Bonchev–Trinajstić information content (AvgIpc) is 2.97. The summed E-state index contributed by atoms with van der Waals surface area (Å²) in [5.74, 6) is 0.737. The summed E-state index contributed by atoms with van der Waals surface area (Å²) in [5, 5.41) is 12.4. The van der Waals surface area contributed by atoms with Crippen molar-refractivity contribution in [3.05, 3.63) is 28.7 Å². The Hall–Kier alpha value is -1.07. The van der Waals surface area contributed by atoms with E-state index >= 15 is 0 Å². The van der Waals surface area contributed by atoms with Crippen LogP contribution in [0.5, 0.6) is 5.75 Å². The monoisotopic (exact) mass is 355 g/mol. The molecule has 1 aromatic rings. The highest BCUT2D eigenvalue weighted by Gasteiger charge is 2.33. The summed E-state index contributed by atoms with van der Waals surface area (Å²) in [7, 11) is 0. The van der Waals surface area contributed by atoms with Crippen molar-refractivity contribution in [2.45, 2.75) is 32.1 Å². The number of amides is 1. The van der Waals surface area contributed by atoms with Crippen LogP contribution in [0.3, 0.4) is 0 Å². The Balaban J connectivity index is 1.66. The van der Waals surface area contributed by atoms with Gasteiger partial charge in [-0.05, 0) is 37.1 Å². The number of ether oxygens (including phenoxy) is 1. The van der Waals surface area contributed by atoms with Crippen LogP contribution >= 0.6 is 15.9 Å². The highest BCUT2D eigenvalue weighted by atomic mass is 79.9. The lowest BCUT2D eigenvalue weighted by Crippen LogP contribution is -2.38. The van der Waals surface area contributed by atoms with Crippen molar-refractivity contribution in [1.29, 1.82) is 0 Å². The number of benzene rings is 1. The Morgan fingerprint density at radius 2 is 1.95 bits per heavy atom. The lowest BCUT2D eigenvalue weighted by Gasteiger charge is -2.26. The van der Waals surface area contributed by atoms with Crippen LogP contribution in [-0.2, 0) is 4.79 Å². The van der Waals surface area contributed by atoms with Gasteiger partial charge in [0.2, 0.25) is 5.91 Å². The van der Waals surface area contributed by atoms with Crippen LogP contribution in [0.15, 0.2) is 28.7 Å². The van der Waals surface area contributed by atoms with Crippen molar-refractivity contribution in [2.24, 2.45) is 5.41 Å². The van der Waals surface area contributed by atoms with Gasteiger partial charge in [0.25, 0.3) is 0 Å². The van der Waals surface area contributed by atoms with E-state index in [1.165, 1.54) is 0 Å². The molecule has 1 aliphatic carbocycles. The van der Waals surface area contributed by atoms with Gasteiger partial charge in [-0.3, -0.25) is 4.79 Å². The molecule has 0 unspecified atom stereocenters. The Labute approximate surface area is 134 Å². The molecule has 1 amide bonds. The largest absolute Gasteiger partial charge is 0.493 e. The van der Waals surface area contributed by atoms with Gasteiger partial charge >= 0.3 is 0 Å². The fourth-order valence-electron chi connectivity index (χ4n) is 2.68. The Morgan fingerprint density at radius 1 is 1.29 bits per heavy atom. The maximum atomic E-state index is 11.8. The minimum Gasteiger partial charge on any atom is -0.493 e. The molecule has 0 heterocycles. The number of hydrogen-bond acceptors (Lipinski definition) is 3. The van der Waals surface area contributed by atoms with Gasteiger partial charge in [0, 0.05) is 16.4 Å². The van der Waals surface area contributed by atoms with Crippen molar-refractivity contribution in [1.82, 2.24) is 5.32 Å². The third kappa shape index (κ3) is 5.00. The minimum absolute atomic E-state index is 0.0214. The average molecular weight is 356 g/mol. The van der Waals surface area contributed by atoms with Gasteiger partial charge in [-0.1, -0.05) is 28.8 Å². The zero-order valence-corrected chi connectivity index (χ0v) is 13.7. The van der Waals surface area contributed by atoms with Crippen molar-refractivity contribution in [3.8, 4) is 5.75 Å². The first-order chi connectivity index (χ1) is 10.1. The first kappa shape index (κ1) is 16.3. The molecule has 0 aliphatic heterocycles. The molecule has 2 N–H and O–H groups in total. The molecule has 0 bridgehead atoms. The quantitative estimate of drug-likeness (QED) is 0.790. The third-order valence-corrected chi connectivity index (χ3v) is 4.60. The van der Waals surface area contributed by atoms with Crippen LogP contribution in [0.25, 0.3) is 0 Å². The van der Waals surface area contributed by atoms with Crippen LogP contribution in [-0.4, -0.2) is 30.8 Å². The molecule has 1 fully saturated rings. The van der Waals surface area contributed by atoms with Gasteiger partial charge in [0.05, 0.1) is 19.6 Å². The molecule has 0 spiro atoms.